The van der Waals surface area contributed by atoms with E-state index in [9.17, 15) is 19.8 Å². The summed E-state index contributed by atoms with van der Waals surface area (Å²) in [6.07, 6.45) is 39.7. The van der Waals surface area contributed by atoms with Crippen molar-refractivity contribution >= 4 is 49.7 Å². The molecule has 1 N–H and O–H groups in total. The quantitative estimate of drug-likeness (QED) is 0.0627. The summed E-state index contributed by atoms with van der Waals surface area (Å²) in [5, 5.41) is 20.4. The van der Waals surface area contributed by atoms with Crippen LogP contribution in [0.15, 0.2) is 0 Å². The van der Waals surface area contributed by atoms with Gasteiger partial charge in [-0.1, -0.05) is 194 Å². The molecule has 0 bridgehead atoms. The zero-order valence-corrected chi connectivity index (χ0v) is 31.6. The Kier molecular flexibility index (Phi) is 61.5. The van der Waals surface area contributed by atoms with Gasteiger partial charge in [0.15, 0.2) is 0 Å². The summed E-state index contributed by atoms with van der Waals surface area (Å²) in [5.74, 6) is -1.81. The molecule has 0 aromatic carbocycles. The van der Waals surface area contributed by atoms with E-state index in [4.69, 9.17) is 0 Å². The monoisotopic (exact) mass is 631 g/mol. The predicted molar refractivity (Wildman–Crippen MR) is 177 cm³/mol. The number of unbranched alkanes of at least 4 members (excludes halogenated alkanes) is 28. The molecule has 0 aromatic rings. The molecule has 43 heavy (non-hydrogen) atoms. The molecular formula is C36H71CaLiO5. The molecule has 0 unspecified atom stereocenters. The van der Waals surface area contributed by atoms with E-state index >= 15 is 0 Å². The molecule has 0 aliphatic rings. The van der Waals surface area contributed by atoms with Gasteiger partial charge in [-0.2, -0.15) is 0 Å². The van der Waals surface area contributed by atoms with Crippen molar-refractivity contribution in [1.82, 2.24) is 0 Å². The van der Waals surface area contributed by atoms with E-state index in [0.29, 0.717) is 0 Å². The first kappa shape index (κ1) is 53.3. The smallest absolute Gasteiger partial charge is 0.870 e. The molecule has 0 radical (unpaired) electrons. The summed E-state index contributed by atoms with van der Waals surface area (Å²) in [6, 6.07) is 0. The largest absolute Gasteiger partial charge is 2.00 e. The van der Waals surface area contributed by atoms with Gasteiger partial charge in [-0.05, 0) is 25.7 Å². The molecule has 0 saturated heterocycles. The average Bonchev–Trinajstić information content (AvgIpc) is 2.93. The molecule has 0 rings (SSSR count). The van der Waals surface area contributed by atoms with Crippen LogP contribution in [0.4, 0.5) is 0 Å². The van der Waals surface area contributed by atoms with E-state index in [2.05, 4.69) is 13.8 Å². The minimum Gasteiger partial charge on any atom is -0.870 e. The van der Waals surface area contributed by atoms with Gasteiger partial charge in [0.2, 0.25) is 0 Å². The normalized spacial score (nSPS) is 10.1. The van der Waals surface area contributed by atoms with Crippen molar-refractivity contribution in [2.75, 3.05) is 0 Å². The van der Waals surface area contributed by atoms with Gasteiger partial charge in [-0.25, -0.2) is 0 Å². The van der Waals surface area contributed by atoms with Crippen molar-refractivity contribution < 1.29 is 44.1 Å². The predicted octanol–water partition coefficient (Wildman–Crippen LogP) is 6.44. The van der Waals surface area contributed by atoms with Crippen LogP contribution in [-0.4, -0.2) is 55.2 Å². The van der Waals surface area contributed by atoms with Crippen molar-refractivity contribution in [2.45, 2.75) is 219 Å². The number of aliphatic carboxylic acids is 2. The molecule has 0 atom stereocenters. The van der Waals surface area contributed by atoms with E-state index in [1.54, 1.807) is 0 Å². The van der Waals surface area contributed by atoms with Crippen molar-refractivity contribution in [3.8, 4) is 0 Å². The molecule has 0 heterocycles. The van der Waals surface area contributed by atoms with Gasteiger partial charge in [0.25, 0.3) is 0 Å². The second-order valence-electron chi connectivity index (χ2n) is 12.1. The van der Waals surface area contributed by atoms with Gasteiger partial charge in [0.1, 0.15) is 0 Å². The zero-order chi connectivity index (χ0) is 29.8. The van der Waals surface area contributed by atoms with E-state index in [1.807, 2.05) is 0 Å². The summed E-state index contributed by atoms with van der Waals surface area (Å²) in [6.45, 7) is 4.53. The van der Waals surface area contributed by atoms with Crippen LogP contribution in [0.25, 0.3) is 0 Å². The van der Waals surface area contributed by atoms with Gasteiger partial charge >= 0.3 is 56.6 Å². The molecule has 0 aliphatic carbocycles. The van der Waals surface area contributed by atoms with Crippen LogP contribution in [0.2, 0.25) is 0 Å². The van der Waals surface area contributed by atoms with E-state index in [0.717, 1.165) is 25.7 Å². The SMILES string of the molecule is CCCCCCCCCCCCCCCCCC(=O)[O-].CCCCCCCCCCCCCCCCCC(=O)[O-].[Ca+2].[Li+].[OH-]. The van der Waals surface area contributed by atoms with E-state index in [-0.39, 0.29) is 74.9 Å². The van der Waals surface area contributed by atoms with Crippen molar-refractivity contribution in [3.05, 3.63) is 0 Å². The fourth-order valence-corrected chi connectivity index (χ4v) is 5.28. The standard InChI is InChI=1S/2C18H36O2.Ca.Li.H2O/c2*1-2-3-4-5-6-7-8-9-10-11-12-13-14-15-16-17-18(19)20;;;/h2*2-17H2,1H3,(H,19,20);;;1H2/q;;+2;+1;/p-3. The number of carboxylic acid groups (broad SMARTS) is 2. The van der Waals surface area contributed by atoms with Crippen LogP contribution < -0.4 is 29.1 Å². The Hall–Kier alpha value is 0.757. The minimum atomic E-state index is -0.903. The molecule has 0 aliphatic heterocycles. The molecule has 5 nitrogen and oxygen atoms in total. The summed E-state index contributed by atoms with van der Waals surface area (Å²) in [4.78, 5) is 20.4. The Morgan fingerprint density at radius 3 is 0.628 bits per heavy atom. The third-order valence-corrected chi connectivity index (χ3v) is 7.97. The first-order valence-electron chi connectivity index (χ1n) is 17.9. The van der Waals surface area contributed by atoms with Gasteiger partial charge in [-0.3, -0.25) is 0 Å². The minimum absolute atomic E-state index is 0. The Labute approximate surface area is 310 Å². The number of carbonyl (C=O) groups is 2. The molecule has 0 amide bonds. The second-order valence-corrected chi connectivity index (χ2v) is 12.1. The number of carboxylic acids is 2. The fraction of sp³-hybridized carbons (Fsp3) is 0.944. The molecular weight excluding hydrogens is 559 g/mol. The summed E-state index contributed by atoms with van der Waals surface area (Å²) < 4.78 is 0. The Morgan fingerprint density at radius 1 is 0.349 bits per heavy atom. The number of carbonyl (C=O) groups excluding carboxylic acids is 2. The maximum atomic E-state index is 10.2. The van der Waals surface area contributed by atoms with Crippen LogP contribution >= 0.6 is 0 Å². The van der Waals surface area contributed by atoms with E-state index in [1.165, 1.54) is 167 Å². The fourth-order valence-electron chi connectivity index (χ4n) is 5.28. The molecule has 248 valence electrons. The number of hydrogen-bond acceptors (Lipinski definition) is 5. The van der Waals surface area contributed by atoms with Gasteiger partial charge in [0, 0.05) is 11.9 Å². The summed E-state index contributed by atoms with van der Waals surface area (Å²) in [7, 11) is 0. The third-order valence-electron chi connectivity index (χ3n) is 7.97. The summed E-state index contributed by atoms with van der Waals surface area (Å²) >= 11 is 0. The maximum absolute atomic E-state index is 10.2. The average molecular weight is 631 g/mol. The van der Waals surface area contributed by atoms with Gasteiger partial charge < -0.3 is 25.3 Å². The first-order chi connectivity index (χ1) is 19.5. The number of rotatable bonds is 32. The molecule has 0 spiro atoms. The Morgan fingerprint density at radius 2 is 0.488 bits per heavy atom. The Bertz CT molecular complexity index is 464. The molecule has 0 aromatic heterocycles. The van der Waals surface area contributed by atoms with Crippen molar-refractivity contribution in [2.24, 2.45) is 0 Å². The van der Waals surface area contributed by atoms with Crippen LogP contribution in [-0.2, 0) is 9.59 Å². The first-order valence-corrected chi connectivity index (χ1v) is 17.9. The Balaban J connectivity index is -0.000000209. The maximum Gasteiger partial charge on any atom is 2.00 e. The van der Waals surface area contributed by atoms with Crippen molar-refractivity contribution in [3.63, 3.8) is 0 Å². The van der Waals surface area contributed by atoms with Gasteiger partial charge in [-0.15, -0.1) is 0 Å². The van der Waals surface area contributed by atoms with Gasteiger partial charge in [0.05, 0.1) is 0 Å². The van der Waals surface area contributed by atoms with Crippen LogP contribution in [0.1, 0.15) is 219 Å². The summed E-state index contributed by atoms with van der Waals surface area (Å²) in [5.41, 5.74) is 0. The van der Waals surface area contributed by atoms with Crippen LogP contribution in [0.5, 0.6) is 0 Å². The second kappa shape index (κ2) is 49.6. The number of hydrogen-bond donors (Lipinski definition) is 0. The van der Waals surface area contributed by atoms with Crippen LogP contribution in [0.3, 0.4) is 0 Å². The van der Waals surface area contributed by atoms with Crippen LogP contribution in [0, 0.1) is 0 Å². The third kappa shape index (κ3) is 58.8. The van der Waals surface area contributed by atoms with Crippen molar-refractivity contribution in [1.29, 1.82) is 0 Å². The molecule has 0 saturated carbocycles. The zero-order valence-electron chi connectivity index (χ0n) is 29.4. The van der Waals surface area contributed by atoms with E-state index < -0.39 is 11.9 Å². The molecule has 0 fully saturated rings. The topological polar surface area (TPSA) is 110 Å². The molecule has 7 heteroatoms.